The zero-order valence-electron chi connectivity index (χ0n) is 35.9. The molecule has 4 aliphatic rings. The third-order valence-corrected chi connectivity index (χ3v) is 11.5. The van der Waals surface area contributed by atoms with E-state index in [1.807, 2.05) is 44.7 Å². The highest BCUT2D eigenvalue weighted by atomic mass is 16.5. The van der Waals surface area contributed by atoms with Gasteiger partial charge in [-0.05, 0) is 56.9 Å². The maximum absolute atomic E-state index is 13.3. The fraction of sp³-hybridized carbons (Fsp3) is 0.432. The monoisotopic (exact) mass is 887 g/mol. The molecule has 4 N–H and O–H groups in total. The van der Waals surface area contributed by atoms with Crippen molar-refractivity contribution in [1.29, 1.82) is 5.26 Å². The molecule has 21 heteroatoms. The number of carbonyl (C=O) groups excluding carboxylic acids is 2. The van der Waals surface area contributed by atoms with Gasteiger partial charge in [-0.25, -0.2) is 19.9 Å². The number of aryl methyl sites for hydroxylation is 1. The van der Waals surface area contributed by atoms with Crippen LogP contribution in [0.25, 0.3) is 22.5 Å². The van der Waals surface area contributed by atoms with Crippen LogP contribution in [0.1, 0.15) is 57.8 Å². The van der Waals surface area contributed by atoms with Crippen molar-refractivity contribution in [2.45, 2.75) is 44.8 Å². The number of anilines is 6. The molecule has 338 valence electrons. The van der Waals surface area contributed by atoms with E-state index < -0.39 is 5.91 Å². The zero-order chi connectivity index (χ0) is 44.9. The Kier molecular flexibility index (Phi) is 12.9. The minimum atomic E-state index is -0.419. The van der Waals surface area contributed by atoms with Gasteiger partial charge < -0.3 is 58.8 Å². The van der Waals surface area contributed by atoms with E-state index in [4.69, 9.17) is 28.6 Å². The van der Waals surface area contributed by atoms with Crippen LogP contribution in [0, 0.1) is 18.3 Å². The molecule has 6 aromatic heterocycles. The smallest absolute Gasteiger partial charge is 0.300 e. The summed E-state index contributed by atoms with van der Waals surface area (Å²) >= 11 is 0. The summed E-state index contributed by atoms with van der Waals surface area (Å²) in [5.41, 5.74) is 3.45. The number of nitriles is 1. The number of aliphatic hydroxyl groups excluding tert-OH is 2. The number of piperidine rings is 2. The number of hydrogen-bond acceptors (Lipinski definition) is 19. The lowest BCUT2D eigenvalue weighted by Crippen LogP contribution is -2.37. The number of nitrogens with zero attached hydrogens (tertiary/aromatic N) is 11. The molecule has 21 nitrogen and oxygen atoms in total. The fourth-order valence-corrected chi connectivity index (χ4v) is 7.98. The molecule has 0 radical (unpaired) electrons. The van der Waals surface area contributed by atoms with Crippen LogP contribution in [-0.2, 0) is 9.47 Å². The Balaban J connectivity index is 0.000000164. The summed E-state index contributed by atoms with van der Waals surface area (Å²) in [7, 11) is 0. The van der Waals surface area contributed by atoms with Crippen molar-refractivity contribution in [2.75, 3.05) is 109 Å². The minimum absolute atomic E-state index is 0.206. The molecule has 10 rings (SSSR count). The number of aliphatic hydroxyl groups is 2. The molecular weight excluding hydrogens is 839 g/mol. The summed E-state index contributed by atoms with van der Waals surface area (Å²) in [6, 6.07) is 16.5. The highest BCUT2D eigenvalue weighted by Gasteiger charge is 2.29. The van der Waals surface area contributed by atoms with Gasteiger partial charge in [0.15, 0.2) is 11.2 Å². The van der Waals surface area contributed by atoms with Crippen molar-refractivity contribution in [2.24, 2.45) is 0 Å². The van der Waals surface area contributed by atoms with Crippen molar-refractivity contribution < 1.29 is 38.1 Å². The first kappa shape index (κ1) is 43.3. The molecule has 4 aliphatic heterocycles. The zero-order valence-corrected chi connectivity index (χ0v) is 35.9. The number of carbonyl (C=O) groups is 2. The first-order valence-corrected chi connectivity index (χ1v) is 21.8. The van der Waals surface area contributed by atoms with E-state index >= 15 is 0 Å². The van der Waals surface area contributed by atoms with Gasteiger partial charge in [-0.1, -0.05) is 12.1 Å². The van der Waals surface area contributed by atoms with Crippen molar-refractivity contribution >= 4 is 69.6 Å². The summed E-state index contributed by atoms with van der Waals surface area (Å²) < 4.78 is 22.7. The third kappa shape index (κ3) is 10.1. The molecule has 0 saturated carbocycles. The molecule has 0 aromatic carbocycles. The quantitative estimate of drug-likeness (QED) is 0.170. The number of fused-ring (bicyclic) bond motifs is 2. The maximum Gasteiger partial charge on any atom is 0.300 e. The first-order chi connectivity index (χ1) is 31.7. The second-order valence-corrected chi connectivity index (χ2v) is 16.1. The molecule has 0 aliphatic carbocycles. The Morgan fingerprint density at radius 1 is 0.615 bits per heavy atom. The molecule has 10 heterocycles. The maximum atomic E-state index is 13.3. The van der Waals surface area contributed by atoms with E-state index in [0.717, 1.165) is 5.69 Å². The summed E-state index contributed by atoms with van der Waals surface area (Å²) in [4.78, 5) is 61.5. The van der Waals surface area contributed by atoms with Crippen molar-refractivity contribution in [3.63, 3.8) is 0 Å². The lowest BCUT2D eigenvalue weighted by Gasteiger charge is -2.31. The molecule has 0 unspecified atom stereocenters. The standard InChI is InChI=1S/C22H23N7O4.C22H26N6O4/c23-13-14-2-1-3-18(24-14)25-21(31)16-12-17-19(26-20(16)28-6-4-15(30)5-7-28)27-22(33-17)29-8-10-32-11-9-29;1-14-3-2-4-18(23-14)24-21(30)16-13-17-19(25-20(16)27-7-5-15(29)6-8-27)26-22(32-17)28-9-11-31-12-10-28/h1-3,12,15,30H,4-11H2,(H,24,25,31);2-4,13,15,29H,5-12H2,1H3,(H,23,24,30). The molecule has 4 saturated heterocycles. The first-order valence-electron chi connectivity index (χ1n) is 21.8. The Bertz CT molecular complexity index is 2690. The summed E-state index contributed by atoms with van der Waals surface area (Å²) in [6.45, 7) is 9.35. The van der Waals surface area contributed by atoms with Gasteiger partial charge in [0.1, 0.15) is 35.0 Å². The van der Waals surface area contributed by atoms with Gasteiger partial charge in [0.2, 0.25) is 11.3 Å². The average Bonchev–Trinajstić information content (AvgIpc) is 3.96. The molecular formula is C44H49N13O8. The fourth-order valence-electron chi connectivity index (χ4n) is 7.98. The van der Waals surface area contributed by atoms with Gasteiger partial charge >= 0.3 is 0 Å². The number of pyridine rings is 4. The Labute approximate surface area is 373 Å². The van der Waals surface area contributed by atoms with Crippen LogP contribution in [0.3, 0.4) is 0 Å². The van der Waals surface area contributed by atoms with E-state index in [1.165, 1.54) is 0 Å². The van der Waals surface area contributed by atoms with Crippen LogP contribution in [0.4, 0.5) is 35.3 Å². The van der Waals surface area contributed by atoms with Crippen LogP contribution >= 0.6 is 0 Å². The van der Waals surface area contributed by atoms with Gasteiger partial charge in [0.25, 0.3) is 23.8 Å². The number of hydrogen-bond donors (Lipinski definition) is 4. The third-order valence-electron chi connectivity index (χ3n) is 11.5. The Hall–Kier alpha value is -6.99. The van der Waals surface area contributed by atoms with Gasteiger partial charge in [0.05, 0.1) is 49.8 Å². The SMILES string of the molecule is Cc1cccc(NC(=O)c2cc3oc(N4CCOCC4)nc3nc2N2CCC(O)CC2)n1.N#Cc1cccc(NC(=O)c2cc3oc(N4CCOCC4)nc3nc2N2CCC(O)CC2)n1. The average molecular weight is 888 g/mol. The Morgan fingerprint density at radius 3 is 1.51 bits per heavy atom. The minimum Gasteiger partial charge on any atom is -0.422 e. The van der Waals surface area contributed by atoms with Gasteiger partial charge in [0, 0.05) is 70.2 Å². The van der Waals surface area contributed by atoms with E-state index in [2.05, 4.69) is 35.6 Å². The summed E-state index contributed by atoms with van der Waals surface area (Å²) in [6.07, 6.45) is 1.73. The Morgan fingerprint density at radius 2 is 1.06 bits per heavy atom. The number of nitrogens with one attached hydrogen (secondary N) is 2. The molecule has 2 amide bonds. The molecule has 0 atom stereocenters. The number of morpholine rings is 2. The number of oxazole rings is 2. The lowest BCUT2D eigenvalue weighted by atomic mass is 10.1. The number of rotatable bonds is 8. The van der Waals surface area contributed by atoms with Crippen molar-refractivity contribution in [3.05, 3.63) is 71.0 Å². The highest BCUT2D eigenvalue weighted by molar-refractivity contribution is 6.09. The van der Waals surface area contributed by atoms with Crippen LogP contribution < -0.4 is 30.2 Å². The summed E-state index contributed by atoms with van der Waals surface area (Å²) in [5, 5.41) is 34.5. The van der Waals surface area contributed by atoms with Crippen LogP contribution in [0.15, 0.2) is 57.4 Å². The topological polar surface area (TPSA) is 257 Å². The molecule has 65 heavy (non-hydrogen) atoms. The normalized spacial score (nSPS) is 17.4. The summed E-state index contributed by atoms with van der Waals surface area (Å²) in [5.74, 6) is 1.02. The molecule has 6 aromatic rings. The van der Waals surface area contributed by atoms with Crippen LogP contribution in [0.2, 0.25) is 0 Å². The van der Waals surface area contributed by atoms with Gasteiger partial charge in [-0.2, -0.15) is 15.2 Å². The number of ether oxygens (including phenoxy) is 2. The van der Waals surface area contributed by atoms with Crippen LogP contribution in [-0.4, -0.2) is 143 Å². The second-order valence-electron chi connectivity index (χ2n) is 16.1. The number of aromatic nitrogens is 6. The van der Waals surface area contributed by atoms with E-state index in [1.54, 1.807) is 36.4 Å². The van der Waals surface area contributed by atoms with Gasteiger partial charge in [-0.15, -0.1) is 0 Å². The molecule has 0 bridgehead atoms. The van der Waals surface area contributed by atoms with Gasteiger partial charge in [-0.3, -0.25) is 9.59 Å². The number of amides is 2. The highest BCUT2D eigenvalue weighted by Crippen LogP contribution is 2.32. The van der Waals surface area contributed by atoms with E-state index in [9.17, 15) is 19.8 Å². The molecule has 4 fully saturated rings. The predicted molar refractivity (Wildman–Crippen MR) is 238 cm³/mol. The predicted octanol–water partition coefficient (Wildman–Crippen LogP) is 3.52. The van der Waals surface area contributed by atoms with Crippen LogP contribution in [0.5, 0.6) is 0 Å². The van der Waals surface area contributed by atoms with E-state index in [0.29, 0.717) is 168 Å². The van der Waals surface area contributed by atoms with E-state index in [-0.39, 0.29) is 29.6 Å². The van der Waals surface area contributed by atoms with Crippen molar-refractivity contribution in [3.8, 4) is 6.07 Å². The lowest BCUT2D eigenvalue weighted by molar-refractivity contribution is 0.101. The van der Waals surface area contributed by atoms with Crippen molar-refractivity contribution in [1.82, 2.24) is 29.9 Å². The molecule has 0 spiro atoms. The largest absolute Gasteiger partial charge is 0.422 e. The second kappa shape index (κ2) is 19.4.